The van der Waals surface area contributed by atoms with Gasteiger partial charge in [-0.15, -0.1) is 0 Å². The summed E-state index contributed by atoms with van der Waals surface area (Å²) in [5.74, 6) is 1.14. The van der Waals surface area contributed by atoms with Crippen molar-refractivity contribution in [2.24, 2.45) is 11.1 Å². The number of carbonyl (C=O) groups excluding carboxylic acids is 2. The second-order valence-corrected chi connectivity index (χ2v) is 7.97. The number of Topliss-reactive ketones (excluding diaryl/α,β-unsaturated/α-hetero) is 1. The molecule has 0 spiro atoms. The summed E-state index contributed by atoms with van der Waals surface area (Å²) in [6.45, 7) is 11.8. The van der Waals surface area contributed by atoms with Gasteiger partial charge >= 0.3 is 0 Å². The minimum atomic E-state index is -0.336. The summed E-state index contributed by atoms with van der Waals surface area (Å²) >= 11 is 1.56. The Hall–Kier alpha value is -0.550. The molecule has 0 aromatic heterocycles. The van der Waals surface area contributed by atoms with Crippen LogP contribution in [0.25, 0.3) is 0 Å². The SMILES string of the molecule is CC(C)(C)N[C@H](CCSCC(=O)C(C)(C)C)C(N)=O. The van der Waals surface area contributed by atoms with Gasteiger partial charge in [-0.25, -0.2) is 0 Å². The van der Waals surface area contributed by atoms with Gasteiger partial charge in [0.25, 0.3) is 0 Å². The van der Waals surface area contributed by atoms with Crippen LogP contribution in [-0.2, 0) is 9.59 Å². The number of primary amides is 1. The maximum absolute atomic E-state index is 11.7. The van der Waals surface area contributed by atoms with Gasteiger partial charge in [0.2, 0.25) is 5.91 Å². The van der Waals surface area contributed by atoms with Gasteiger partial charge in [0, 0.05) is 11.0 Å². The van der Waals surface area contributed by atoms with E-state index < -0.39 is 0 Å². The van der Waals surface area contributed by atoms with Crippen LogP contribution < -0.4 is 11.1 Å². The molecule has 4 nitrogen and oxygen atoms in total. The molecular formula is C14H28N2O2S. The van der Waals surface area contributed by atoms with Gasteiger partial charge in [-0.1, -0.05) is 20.8 Å². The smallest absolute Gasteiger partial charge is 0.234 e. The highest BCUT2D eigenvalue weighted by Crippen LogP contribution is 2.18. The highest BCUT2D eigenvalue weighted by molar-refractivity contribution is 7.99. The van der Waals surface area contributed by atoms with Gasteiger partial charge in [0.15, 0.2) is 0 Å². The first-order chi connectivity index (χ1) is 8.43. The van der Waals surface area contributed by atoms with E-state index in [2.05, 4.69) is 5.32 Å². The molecule has 0 rings (SSSR count). The average molecular weight is 288 g/mol. The Morgan fingerprint density at radius 3 is 2.05 bits per heavy atom. The molecule has 0 aromatic rings. The van der Waals surface area contributed by atoms with Crippen LogP contribution in [0, 0.1) is 5.41 Å². The molecule has 0 bridgehead atoms. The zero-order valence-corrected chi connectivity index (χ0v) is 13.8. The average Bonchev–Trinajstić information content (AvgIpc) is 2.18. The van der Waals surface area contributed by atoms with Gasteiger partial charge in [0.05, 0.1) is 11.8 Å². The van der Waals surface area contributed by atoms with Crippen molar-refractivity contribution in [3.63, 3.8) is 0 Å². The fourth-order valence-electron chi connectivity index (χ4n) is 1.39. The zero-order chi connectivity index (χ0) is 15.3. The van der Waals surface area contributed by atoms with Gasteiger partial charge in [-0.2, -0.15) is 11.8 Å². The second-order valence-electron chi connectivity index (χ2n) is 6.86. The molecule has 0 aliphatic heterocycles. The van der Waals surface area contributed by atoms with Crippen LogP contribution in [0.5, 0.6) is 0 Å². The lowest BCUT2D eigenvalue weighted by molar-refractivity contribution is -0.123. The Morgan fingerprint density at radius 1 is 1.16 bits per heavy atom. The molecule has 112 valence electrons. The number of carbonyl (C=O) groups is 2. The van der Waals surface area contributed by atoms with E-state index in [1.807, 2.05) is 41.5 Å². The maximum Gasteiger partial charge on any atom is 0.234 e. The molecule has 1 amide bonds. The van der Waals surface area contributed by atoms with Gasteiger partial charge in [-0.05, 0) is 32.9 Å². The van der Waals surface area contributed by atoms with Crippen molar-refractivity contribution in [2.75, 3.05) is 11.5 Å². The summed E-state index contributed by atoms with van der Waals surface area (Å²) in [5.41, 5.74) is 4.94. The lowest BCUT2D eigenvalue weighted by Crippen LogP contribution is -2.50. The summed E-state index contributed by atoms with van der Waals surface area (Å²) in [4.78, 5) is 23.1. The molecule has 0 fully saturated rings. The first-order valence-corrected chi connectivity index (χ1v) is 7.77. The molecule has 0 aliphatic rings. The minimum Gasteiger partial charge on any atom is -0.368 e. The number of amides is 1. The Morgan fingerprint density at radius 2 is 1.68 bits per heavy atom. The summed E-state index contributed by atoms with van der Waals surface area (Å²) in [6.07, 6.45) is 0.648. The quantitative estimate of drug-likeness (QED) is 0.703. The molecule has 1 atom stereocenters. The first-order valence-electron chi connectivity index (χ1n) is 6.61. The lowest BCUT2D eigenvalue weighted by Gasteiger charge is -2.26. The number of hydrogen-bond acceptors (Lipinski definition) is 4. The third-order valence-corrected chi connectivity index (χ3v) is 3.56. The van der Waals surface area contributed by atoms with Gasteiger partial charge in [0.1, 0.15) is 5.78 Å². The number of ketones is 1. The molecule has 0 heterocycles. The molecule has 0 saturated carbocycles. The molecule has 3 N–H and O–H groups in total. The Balaban J connectivity index is 4.09. The molecule has 0 unspecified atom stereocenters. The van der Waals surface area contributed by atoms with Gasteiger partial charge in [-0.3, -0.25) is 9.59 Å². The molecule has 5 heteroatoms. The highest BCUT2D eigenvalue weighted by atomic mass is 32.2. The van der Waals surface area contributed by atoms with E-state index in [9.17, 15) is 9.59 Å². The predicted molar refractivity (Wildman–Crippen MR) is 82.3 cm³/mol. The summed E-state index contributed by atoms with van der Waals surface area (Å²) < 4.78 is 0. The summed E-state index contributed by atoms with van der Waals surface area (Å²) in [6, 6.07) is -0.336. The van der Waals surface area contributed by atoms with E-state index in [1.165, 1.54) is 0 Å². The monoisotopic (exact) mass is 288 g/mol. The summed E-state index contributed by atoms with van der Waals surface area (Å²) in [5, 5.41) is 3.20. The predicted octanol–water partition coefficient (Wildman–Crippen LogP) is 1.97. The number of nitrogens with one attached hydrogen (secondary N) is 1. The maximum atomic E-state index is 11.7. The third-order valence-electron chi connectivity index (χ3n) is 2.57. The van der Waals surface area contributed by atoms with Gasteiger partial charge < -0.3 is 11.1 Å². The minimum absolute atomic E-state index is 0.147. The lowest BCUT2D eigenvalue weighted by atomic mass is 9.92. The van der Waals surface area contributed by atoms with Crippen molar-refractivity contribution in [3.8, 4) is 0 Å². The van der Waals surface area contributed by atoms with Crippen LogP contribution >= 0.6 is 11.8 Å². The largest absolute Gasteiger partial charge is 0.368 e. The number of thioether (sulfide) groups is 1. The Labute approximate surface area is 121 Å². The van der Waals surface area contributed by atoms with E-state index >= 15 is 0 Å². The van der Waals surface area contributed by atoms with Crippen molar-refractivity contribution < 1.29 is 9.59 Å². The Kier molecular flexibility index (Phi) is 7.08. The van der Waals surface area contributed by atoms with Crippen LogP contribution in [0.1, 0.15) is 48.0 Å². The first kappa shape index (κ1) is 18.4. The molecule has 0 radical (unpaired) electrons. The van der Waals surface area contributed by atoms with E-state index in [-0.39, 0.29) is 28.7 Å². The van der Waals surface area contributed by atoms with Crippen LogP contribution in [0.15, 0.2) is 0 Å². The van der Waals surface area contributed by atoms with E-state index in [0.29, 0.717) is 12.2 Å². The molecule has 19 heavy (non-hydrogen) atoms. The number of rotatable bonds is 7. The van der Waals surface area contributed by atoms with E-state index in [0.717, 1.165) is 5.75 Å². The molecular weight excluding hydrogens is 260 g/mol. The second kappa shape index (κ2) is 7.29. The molecule has 0 aliphatic carbocycles. The standard InChI is InChI=1S/C14H28N2O2S/c1-13(2,3)11(17)9-19-8-7-10(12(15)18)16-14(4,5)6/h10,16H,7-9H2,1-6H3,(H2,15,18)/t10-/m1/s1. The fourth-order valence-corrected chi connectivity index (χ4v) is 2.56. The van der Waals surface area contributed by atoms with Crippen LogP contribution in [0.4, 0.5) is 0 Å². The van der Waals surface area contributed by atoms with Crippen molar-refractivity contribution in [1.82, 2.24) is 5.32 Å². The summed E-state index contributed by atoms with van der Waals surface area (Å²) in [7, 11) is 0. The van der Waals surface area contributed by atoms with Crippen molar-refractivity contribution >= 4 is 23.5 Å². The normalized spacial score (nSPS) is 14.2. The Bertz CT molecular complexity index is 316. The zero-order valence-electron chi connectivity index (χ0n) is 13.0. The number of hydrogen-bond donors (Lipinski definition) is 2. The highest BCUT2D eigenvalue weighted by Gasteiger charge is 2.23. The van der Waals surface area contributed by atoms with Crippen LogP contribution in [0.2, 0.25) is 0 Å². The number of nitrogens with two attached hydrogens (primary N) is 1. The van der Waals surface area contributed by atoms with Crippen molar-refractivity contribution in [3.05, 3.63) is 0 Å². The molecule has 0 saturated heterocycles. The molecule has 0 aromatic carbocycles. The van der Waals surface area contributed by atoms with Crippen molar-refractivity contribution in [1.29, 1.82) is 0 Å². The van der Waals surface area contributed by atoms with Crippen LogP contribution in [-0.4, -0.2) is 34.8 Å². The van der Waals surface area contributed by atoms with Crippen LogP contribution in [0.3, 0.4) is 0 Å². The van der Waals surface area contributed by atoms with E-state index in [4.69, 9.17) is 5.73 Å². The van der Waals surface area contributed by atoms with E-state index in [1.54, 1.807) is 11.8 Å². The third kappa shape index (κ3) is 9.05. The fraction of sp³-hybridized carbons (Fsp3) is 0.857. The van der Waals surface area contributed by atoms with Crippen molar-refractivity contribution in [2.45, 2.75) is 59.5 Å². The topological polar surface area (TPSA) is 72.2 Å².